The number of rotatable bonds is 27. The molecule has 2 heterocycles. The van der Waals surface area contributed by atoms with Crippen molar-refractivity contribution in [2.45, 2.75) is 279 Å². The predicted molar refractivity (Wildman–Crippen MR) is 285 cm³/mol. The number of carbonyl (C=O) groups is 4. The van der Waals surface area contributed by atoms with Crippen LogP contribution in [0.1, 0.15) is 261 Å². The molecule has 10 nitrogen and oxygen atoms in total. The van der Waals surface area contributed by atoms with Crippen molar-refractivity contribution in [2.24, 2.45) is 64.1 Å². The van der Waals surface area contributed by atoms with Gasteiger partial charge < -0.3 is 29.2 Å². The van der Waals surface area contributed by atoms with Crippen LogP contribution in [0.4, 0.5) is 0 Å². The number of carbonyl (C=O) groups excluding carboxylic acids is 3. The lowest BCUT2D eigenvalue weighted by atomic mass is 9.44. The summed E-state index contributed by atoms with van der Waals surface area (Å²) in [5.74, 6) is 4.09. The van der Waals surface area contributed by atoms with E-state index in [1.807, 2.05) is 0 Å². The Bertz CT molecular complexity index is 1510. The first-order valence-corrected chi connectivity index (χ1v) is 29.9. The van der Waals surface area contributed by atoms with Gasteiger partial charge in [-0.2, -0.15) is 0 Å². The molecule has 12 atom stereocenters. The topological polar surface area (TPSA) is 146 Å². The van der Waals surface area contributed by atoms with E-state index in [9.17, 15) is 24.3 Å². The largest absolute Gasteiger partial charge is 0.481 e. The van der Waals surface area contributed by atoms with Crippen LogP contribution in [0.15, 0.2) is 0 Å². The molecule has 412 valence electrons. The first kappa shape index (κ1) is 61.5. The van der Waals surface area contributed by atoms with Gasteiger partial charge in [-0.1, -0.05) is 152 Å². The van der Waals surface area contributed by atoms with Gasteiger partial charge in [-0.3, -0.25) is 19.2 Å². The van der Waals surface area contributed by atoms with Crippen molar-refractivity contribution >= 4 is 23.7 Å². The zero-order valence-electron chi connectivity index (χ0n) is 47.1. The third-order valence-electron chi connectivity index (χ3n) is 18.7. The van der Waals surface area contributed by atoms with Crippen molar-refractivity contribution in [1.29, 1.82) is 0 Å². The van der Waals surface area contributed by atoms with Crippen LogP contribution in [0.3, 0.4) is 0 Å². The SMILES string of the molecule is CC(C)CCCCCCCOC(=O)CCCCC(=O)OCCCCCCCC(C)C.CCCCCCCC(=O)O.C[C@@H]1CC[C@@]2(OC1)O[C@H]1C[C@H]3[C@@H]4CC[C@H]5C[C@@H](O)CC[C@]5(C)[C@H]4CC(=O)[C@]3(C)[C@H]1[C@@H]2C. The normalized spacial score (nSPS) is 32.7. The Kier molecular flexibility index (Phi) is 27.0. The molecule has 6 rings (SSSR count). The number of carboxylic acid groups (broad SMARTS) is 1. The summed E-state index contributed by atoms with van der Waals surface area (Å²) in [5.41, 5.74) is -0.0221. The van der Waals surface area contributed by atoms with Gasteiger partial charge in [0, 0.05) is 49.4 Å². The van der Waals surface area contributed by atoms with Gasteiger partial charge >= 0.3 is 17.9 Å². The number of hydrogen-bond acceptors (Lipinski definition) is 9. The number of aliphatic hydroxyl groups excluding tert-OH is 1. The Morgan fingerprint density at radius 3 is 1.77 bits per heavy atom. The van der Waals surface area contributed by atoms with E-state index in [1.165, 1.54) is 83.5 Å². The van der Waals surface area contributed by atoms with Gasteiger partial charge in [-0.05, 0) is 124 Å². The molecule has 0 bridgehead atoms. The second kappa shape index (κ2) is 31.1. The summed E-state index contributed by atoms with van der Waals surface area (Å²) in [6, 6.07) is 0. The van der Waals surface area contributed by atoms with E-state index >= 15 is 0 Å². The van der Waals surface area contributed by atoms with E-state index < -0.39 is 11.8 Å². The van der Waals surface area contributed by atoms with Crippen LogP contribution in [0.25, 0.3) is 0 Å². The minimum atomic E-state index is -0.670. The maximum Gasteiger partial charge on any atom is 0.305 e. The molecule has 6 aliphatic rings. The summed E-state index contributed by atoms with van der Waals surface area (Å²) < 4.78 is 23.7. The second-order valence-electron chi connectivity index (χ2n) is 25.1. The van der Waals surface area contributed by atoms with Crippen molar-refractivity contribution in [3.05, 3.63) is 0 Å². The van der Waals surface area contributed by atoms with Crippen LogP contribution in [0.2, 0.25) is 0 Å². The number of unbranched alkanes of at least 4 members (excludes halogenated alkanes) is 13. The zero-order chi connectivity index (χ0) is 52.0. The first-order valence-electron chi connectivity index (χ1n) is 29.9. The molecular formula is C61H108O10. The quantitative estimate of drug-likeness (QED) is 0.0602. The minimum absolute atomic E-state index is 0.131. The molecule has 10 heteroatoms. The van der Waals surface area contributed by atoms with Crippen molar-refractivity contribution in [3.63, 3.8) is 0 Å². The maximum absolute atomic E-state index is 14.0. The molecule has 4 aliphatic carbocycles. The van der Waals surface area contributed by atoms with Crippen molar-refractivity contribution in [2.75, 3.05) is 19.8 Å². The van der Waals surface area contributed by atoms with Gasteiger partial charge in [0.15, 0.2) is 5.79 Å². The summed E-state index contributed by atoms with van der Waals surface area (Å²) >= 11 is 0. The highest BCUT2D eigenvalue weighted by atomic mass is 16.7. The molecule has 2 N–H and O–H groups in total. The third-order valence-corrected chi connectivity index (χ3v) is 18.7. The summed E-state index contributed by atoms with van der Waals surface area (Å²) in [6.07, 6.45) is 31.9. The number of fused-ring (bicyclic) bond motifs is 7. The molecule has 1 spiro atoms. The molecule has 6 fully saturated rings. The molecular weight excluding hydrogens is 893 g/mol. The fourth-order valence-corrected chi connectivity index (χ4v) is 14.2. The average molecular weight is 1000 g/mol. The number of Topliss-reactive ketones (excluding diaryl/α,β-unsaturated/α-hetero) is 1. The molecule has 0 radical (unpaired) electrons. The fourth-order valence-electron chi connectivity index (χ4n) is 14.2. The van der Waals surface area contributed by atoms with Crippen LogP contribution in [-0.2, 0) is 38.1 Å². The Hall–Kier alpha value is -2.04. The third kappa shape index (κ3) is 18.6. The Morgan fingerprint density at radius 2 is 1.23 bits per heavy atom. The van der Waals surface area contributed by atoms with Crippen LogP contribution < -0.4 is 0 Å². The molecule has 0 aromatic heterocycles. The smallest absolute Gasteiger partial charge is 0.305 e. The van der Waals surface area contributed by atoms with Gasteiger partial charge in [0.25, 0.3) is 0 Å². The van der Waals surface area contributed by atoms with Crippen LogP contribution in [0.5, 0.6) is 0 Å². The van der Waals surface area contributed by atoms with Gasteiger partial charge in [0.2, 0.25) is 0 Å². The molecule has 0 unspecified atom stereocenters. The highest BCUT2D eigenvalue weighted by molar-refractivity contribution is 5.87. The fraction of sp³-hybridized carbons (Fsp3) is 0.934. The summed E-state index contributed by atoms with van der Waals surface area (Å²) in [6.45, 7) is 22.4. The molecule has 2 saturated heterocycles. The van der Waals surface area contributed by atoms with Crippen molar-refractivity contribution in [3.8, 4) is 0 Å². The number of ether oxygens (including phenoxy) is 4. The standard InChI is InChI=1S/C27H42O4.C26H50O4.C8H16O2/c1-15-7-10-27(30-14-15)16(2)24-22(31-27)12-21-19-6-5-17-11-18(28)8-9-25(17,3)20(19)13-23(29)26(21,24)4;1-23(2)17-11-7-5-9-15-21-29-25(27)19-13-14-20-26(28)30-22-16-10-6-8-12-18-24(3)4;1-2-3-4-5-6-7-8(9)10/h15-22,24,28H,5-14H2,1-4H3;23-24H,5-22H2,1-4H3;2-7H2,1H3,(H,9,10)/t15-,16+,17+,18+,19-,20+,21+,22+,24+,25+,26-,27-;;/m1../s1. The maximum atomic E-state index is 14.0. The lowest BCUT2D eigenvalue weighted by Crippen LogP contribution is -2.58. The monoisotopic (exact) mass is 1000 g/mol. The highest BCUT2D eigenvalue weighted by Crippen LogP contribution is 2.70. The van der Waals surface area contributed by atoms with E-state index in [-0.39, 0.29) is 40.9 Å². The van der Waals surface area contributed by atoms with E-state index in [1.54, 1.807) is 0 Å². The Labute approximate surface area is 433 Å². The van der Waals surface area contributed by atoms with E-state index in [4.69, 9.17) is 24.1 Å². The van der Waals surface area contributed by atoms with Crippen molar-refractivity contribution < 1.29 is 48.3 Å². The highest BCUT2D eigenvalue weighted by Gasteiger charge is 2.71. The molecule has 4 saturated carbocycles. The van der Waals surface area contributed by atoms with Crippen molar-refractivity contribution in [1.82, 2.24) is 0 Å². The van der Waals surface area contributed by atoms with E-state index in [0.717, 1.165) is 102 Å². The lowest BCUT2D eigenvalue weighted by Gasteiger charge is -2.60. The van der Waals surface area contributed by atoms with Gasteiger partial charge in [-0.15, -0.1) is 0 Å². The summed E-state index contributed by atoms with van der Waals surface area (Å²) in [4.78, 5) is 47.5. The summed E-state index contributed by atoms with van der Waals surface area (Å²) in [7, 11) is 0. The number of ketones is 1. The number of aliphatic carboxylic acids is 1. The predicted octanol–water partition coefficient (Wildman–Crippen LogP) is 15.0. The van der Waals surface area contributed by atoms with Gasteiger partial charge in [0.1, 0.15) is 5.78 Å². The Morgan fingerprint density at radius 1 is 0.676 bits per heavy atom. The molecule has 0 aromatic carbocycles. The first-order chi connectivity index (χ1) is 33.9. The minimum Gasteiger partial charge on any atom is -0.481 e. The molecule has 0 amide bonds. The number of aliphatic hydroxyl groups is 1. The van der Waals surface area contributed by atoms with E-state index in [2.05, 4.69) is 62.3 Å². The van der Waals surface area contributed by atoms with Crippen LogP contribution >= 0.6 is 0 Å². The number of carboxylic acids is 1. The van der Waals surface area contributed by atoms with Gasteiger partial charge in [-0.25, -0.2) is 0 Å². The molecule has 0 aromatic rings. The van der Waals surface area contributed by atoms with Crippen LogP contribution in [0, 0.1) is 64.1 Å². The second-order valence-corrected chi connectivity index (χ2v) is 25.1. The van der Waals surface area contributed by atoms with E-state index in [0.29, 0.717) is 86.6 Å². The average Bonchev–Trinajstić information content (AvgIpc) is 3.77. The Balaban J connectivity index is 0.000000260. The van der Waals surface area contributed by atoms with Gasteiger partial charge in [0.05, 0.1) is 32.0 Å². The molecule has 71 heavy (non-hydrogen) atoms. The number of esters is 2. The lowest BCUT2D eigenvalue weighted by molar-refractivity contribution is -0.272. The summed E-state index contributed by atoms with van der Waals surface area (Å²) in [5, 5.41) is 18.6. The zero-order valence-corrected chi connectivity index (χ0v) is 47.1. The van der Waals surface area contributed by atoms with Crippen LogP contribution in [-0.4, -0.2) is 71.7 Å². The number of hydrogen-bond donors (Lipinski definition) is 2. The molecule has 2 aliphatic heterocycles.